The Morgan fingerprint density at radius 2 is 0.875 bits per heavy atom. The van der Waals surface area contributed by atoms with Crippen LogP contribution in [0.1, 0.15) is 27.7 Å². The van der Waals surface area contributed by atoms with E-state index < -0.39 is 24.0 Å². The Bertz CT molecular complexity index is 522. The minimum Gasteiger partial charge on any atom is -0.480 e. The summed E-state index contributed by atoms with van der Waals surface area (Å²) >= 11 is 0. The van der Waals surface area contributed by atoms with Gasteiger partial charge in [-0.2, -0.15) is 0 Å². The molecule has 1 aliphatic rings. The minimum absolute atomic E-state index is 0.0975. The monoisotopic (exact) mass is 464 g/mol. The maximum absolute atomic E-state index is 11.6. The Labute approximate surface area is 189 Å². The summed E-state index contributed by atoms with van der Waals surface area (Å²) in [6.07, 6.45) is 0. The smallest absolute Gasteiger partial charge is 0.320 e. The summed E-state index contributed by atoms with van der Waals surface area (Å²) < 4.78 is 0. The Morgan fingerprint density at radius 3 is 1.09 bits per heavy atom. The van der Waals surface area contributed by atoms with Crippen molar-refractivity contribution in [2.75, 3.05) is 65.6 Å². The van der Waals surface area contributed by atoms with Crippen LogP contribution in [0.25, 0.3) is 0 Å². The van der Waals surface area contributed by atoms with Crippen LogP contribution >= 0.6 is 0 Å². The zero-order chi connectivity index (χ0) is 24.3. The van der Waals surface area contributed by atoms with E-state index in [0.717, 1.165) is 0 Å². The summed E-state index contributed by atoms with van der Waals surface area (Å²) in [6, 6.07) is -1.63. The molecule has 1 fully saturated rings. The lowest BCUT2D eigenvalue weighted by atomic mass is 10.2. The average molecular weight is 465 g/mol. The van der Waals surface area contributed by atoms with Crippen molar-refractivity contribution in [3.8, 4) is 0 Å². The zero-order valence-corrected chi connectivity index (χ0v) is 19.6. The van der Waals surface area contributed by atoms with Crippen molar-refractivity contribution in [2.24, 2.45) is 0 Å². The lowest BCUT2D eigenvalue weighted by Gasteiger charge is -2.39. The van der Waals surface area contributed by atoms with Crippen LogP contribution in [0.15, 0.2) is 0 Å². The number of carbonyl (C=O) groups is 2. The van der Waals surface area contributed by atoms with Gasteiger partial charge in [-0.25, -0.2) is 9.78 Å². The minimum atomic E-state index is -0.933. The lowest BCUT2D eigenvalue weighted by Crippen LogP contribution is -2.54. The molecule has 4 unspecified atom stereocenters. The molecule has 1 rings (SSSR count). The van der Waals surface area contributed by atoms with E-state index in [1.807, 2.05) is 23.6 Å². The van der Waals surface area contributed by atoms with Gasteiger partial charge in [-0.3, -0.25) is 39.7 Å². The molecule has 0 spiro atoms. The fraction of sp³-hybridized carbons (Fsp3) is 0.900. The van der Waals surface area contributed by atoms with Gasteiger partial charge < -0.3 is 10.2 Å². The van der Waals surface area contributed by atoms with Crippen molar-refractivity contribution in [1.82, 2.24) is 19.6 Å². The van der Waals surface area contributed by atoms with E-state index in [4.69, 9.17) is 10.5 Å². The van der Waals surface area contributed by atoms with E-state index in [2.05, 4.69) is 19.6 Å². The van der Waals surface area contributed by atoms with Crippen LogP contribution in [0.2, 0.25) is 0 Å². The first-order chi connectivity index (χ1) is 15.1. The van der Waals surface area contributed by atoms with Crippen molar-refractivity contribution in [3.63, 3.8) is 0 Å². The van der Waals surface area contributed by atoms with Gasteiger partial charge in [-0.15, -0.1) is 0 Å². The molecular weight excluding hydrogens is 424 g/mol. The van der Waals surface area contributed by atoms with Crippen LogP contribution in [0, 0.1) is 0 Å². The number of carboxylic acid groups (broad SMARTS) is 2. The first-order valence-corrected chi connectivity index (χ1v) is 11.1. The predicted octanol–water partition coefficient (Wildman–Crippen LogP) is -0.0896. The number of nitrogens with zero attached hydrogens (tertiary/aromatic N) is 4. The molecule has 0 aromatic carbocycles. The Hall–Kier alpha value is -1.38. The van der Waals surface area contributed by atoms with Crippen molar-refractivity contribution in [1.29, 1.82) is 0 Å². The van der Waals surface area contributed by atoms with E-state index in [-0.39, 0.29) is 25.3 Å². The fourth-order valence-electron chi connectivity index (χ4n) is 3.87. The van der Waals surface area contributed by atoms with Crippen LogP contribution in [0.3, 0.4) is 0 Å². The van der Waals surface area contributed by atoms with Crippen molar-refractivity contribution < 1.29 is 40.1 Å². The second-order valence-corrected chi connectivity index (χ2v) is 8.46. The van der Waals surface area contributed by atoms with Crippen LogP contribution < -0.4 is 0 Å². The molecule has 4 atom stereocenters. The number of hydrogen-bond acceptors (Lipinski definition) is 10. The topological polar surface area (TPSA) is 146 Å². The largest absolute Gasteiger partial charge is 0.480 e. The maximum atomic E-state index is 11.6. The van der Waals surface area contributed by atoms with Crippen molar-refractivity contribution in [3.05, 3.63) is 0 Å². The van der Waals surface area contributed by atoms with Gasteiger partial charge in [0.25, 0.3) is 0 Å². The van der Waals surface area contributed by atoms with Gasteiger partial charge >= 0.3 is 11.9 Å². The van der Waals surface area contributed by atoms with Gasteiger partial charge in [-0.05, 0) is 27.7 Å². The number of hydrogen-bond donors (Lipinski definition) is 4. The van der Waals surface area contributed by atoms with E-state index >= 15 is 0 Å². The van der Waals surface area contributed by atoms with Gasteiger partial charge in [0, 0.05) is 64.4 Å². The third-order valence-corrected chi connectivity index (χ3v) is 6.39. The summed E-state index contributed by atoms with van der Waals surface area (Å²) in [4.78, 5) is 39.9. The number of carboxylic acids is 2. The second-order valence-electron chi connectivity index (χ2n) is 8.46. The molecule has 0 radical (unpaired) electrons. The summed E-state index contributed by atoms with van der Waals surface area (Å²) in [5.74, 6) is -1.87. The molecule has 0 aromatic rings. The molecule has 32 heavy (non-hydrogen) atoms. The average Bonchev–Trinajstić information content (AvgIpc) is 2.73. The Kier molecular flexibility index (Phi) is 13.2. The highest BCUT2D eigenvalue weighted by molar-refractivity contribution is 5.73. The Morgan fingerprint density at radius 1 is 0.625 bits per heavy atom. The number of rotatable bonds is 10. The highest BCUT2D eigenvalue weighted by Crippen LogP contribution is 2.10. The van der Waals surface area contributed by atoms with E-state index in [9.17, 15) is 19.8 Å². The quantitative estimate of drug-likeness (QED) is 0.253. The highest BCUT2D eigenvalue weighted by atomic mass is 17.1. The second kappa shape index (κ2) is 14.7. The molecule has 0 bridgehead atoms. The predicted molar refractivity (Wildman–Crippen MR) is 117 cm³/mol. The van der Waals surface area contributed by atoms with Crippen LogP contribution in [0.5, 0.6) is 0 Å². The highest BCUT2D eigenvalue weighted by Gasteiger charge is 2.28. The maximum Gasteiger partial charge on any atom is 0.320 e. The van der Waals surface area contributed by atoms with Gasteiger partial charge in [0.2, 0.25) is 0 Å². The summed E-state index contributed by atoms with van der Waals surface area (Å²) in [5, 5.41) is 36.9. The lowest BCUT2D eigenvalue weighted by molar-refractivity contribution is -0.252. The van der Waals surface area contributed by atoms with Gasteiger partial charge in [0.05, 0.1) is 13.2 Å². The molecule has 1 aliphatic heterocycles. The fourth-order valence-corrected chi connectivity index (χ4v) is 3.87. The Balaban J connectivity index is 3.13. The SMILES string of the molecule is CC(COO)N1CCN(C(C)COO)CCN(C(C)C(=O)O)CCN(C(C)C(=O)O)CC1. The first-order valence-electron chi connectivity index (χ1n) is 11.1. The molecule has 1 heterocycles. The van der Waals surface area contributed by atoms with Crippen molar-refractivity contribution >= 4 is 11.9 Å². The summed E-state index contributed by atoms with van der Waals surface area (Å²) in [7, 11) is 0. The van der Waals surface area contributed by atoms with Crippen molar-refractivity contribution in [2.45, 2.75) is 51.9 Å². The normalized spacial score (nSPS) is 22.9. The van der Waals surface area contributed by atoms with E-state index in [0.29, 0.717) is 52.4 Å². The number of aliphatic carboxylic acids is 2. The third-order valence-electron chi connectivity index (χ3n) is 6.39. The van der Waals surface area contributed by atoms with Gasteiger partial charge in [-0.1, -0.05) is 0 Å². The molecule has 0 aliphatic carbocycles. The zero-order valence-electron chi connectivity index (χ0n) is 19.6. The van der Waals surface area contributed by atoms with Gasteiger partial charge in [0.15, 0.2) is 0 Å². The molecule has 12 heteroatoms. The molecule has 1 saturated heterocycles. The van der Waals surface area contributed by atoms with Crippen LogP contribution in [-0.2, 0) is 19.4 Å². The van der Waals surface area contributed by atoms with Crippen LogP contribution in [0.4, 0.5) is 0 Å². The molecule has 4 N–H and O–H groups in total. The summed E-state index contributed by atoms with van der Waals surface area (Å²) in [6.45, 7) is 11.4. The molecule has 188 valence electrons. The molecule has 0 saturated carbocycles. The van der Waals surface area contributed by atoms with E-state index in [1.165, 1.54) is 0 Å². The first kappa shape index (κ1) is 28.7. The molecule has 0 amide bonds. The summed E-state index contributed by atoms with van der Waals surface area (Å²) in [5.41, 5.74) is 0. The third kappa shape index (κ3) is 9.24. The van der Waals surface area contributed by atoms with E-state index in [1.54, 1.807) is 13.8 Å². The van der Waals surface area contributed by atoms with Gasteiger partial charge in [0.1, 0.15) is 12.1 Å². The molecular formula is C20H40N4O8. The standard InChI is InChI=1S/C20H40N4O8/c1-15(13-31-29)21-5-6-22(16(2)14-32-30)8-10-24(18(4)20(27)28)12-11-23(9-7-21)17(3)19(25)26/h15-18,29-30H,5-14H2,1-4H3,(H,25,26)(H,27,28). The molecule has 12 nitrogen and oxygen atoms in total. The van der Waals surface area contributed by atoms with Crippen LogP contribution in [-0.4, -0.2) is 142 Å². The molecule has 0 aromatic heterocycles.